The number of carbonyl (C=O) groups is 1. The van der Waals surface area contributed by atoms with Crippen molar-refractivity contribution >= 4 is 48.5 Å². The van der Waals surface area contributed by atoms with Gasteiger partial charge in [-0.05, 0) is 48.7 Å². The van der Waals surface area contributed by atoms with Crippen LogP contribution >= 0.6 is 27.3 Å². The molecule has 0 N–H and O–H groups in total. The first-order valence-electron chi connectivity index (χ1n) is 9.57. The number of hydrogen-bond acceptors (Lipinski definition) is 4. The fourth-order valence-electron chi connectivity index (χ4n) is 3.26. The summed E-state index contributed by atoms with van der Waals surface area (Å²) in [4.78, 5) is 24.1. The van der Waals surface area contributed by atoms with Crippen molar-refractivity contribution in [2.75, 3.05) is 11.4 Å². The van der Waals surface area contributed by atoms with Crippen molar-refractivity contribution < 1.29 is 4.79 Å². The Kier molecular flexibility index (Phi) is 6.06. The smallest absolute Gasteiger partial charge is 0.260 e. The van der Waals surface area contributed by atoms with Gasteiger partial charge in [-0.2, -0.15) is 0 Å². The molecular weight excluding hydrogens is 448 g/mol. The molecule has 148 valence electrons. The van der Waals surface area contributed by atoms with E-state index in [1.54, 1.807) is 23.9 Å². The topological polar surface area (TPSA) is 51.0 Å². The second-order valence-corrected chi connectivity index (χ2v) is 8.66. The molecule has 0 aliphatic heterocycles. The number of anilines is 1. The minimum Gasteiger partial charge on any atom is -0.337 e. The Bertz CT molecular complexity index is 1110. The first-order chi connectivity index (χ1) is 14.2. The van der Waals surface area contributed by atoms with Crippen LogP contribution in [-0.2, 0) is 13.0 Å². The zero-order chi connectivity index (χ0) is 20.2. The Morgan fingerprint density at radius 1 is 1.21 bits per heavy atom. The molecule has 0 aliphatic carbocycles. The molecule has 4 aromatic rings. The van der Waals surface area contributed by atoms with Gasteiger partial charge >= 0.3 is 0 Å². The molecule has 29 heavy (non-hydrogen) atoms. The van der Waals surface area contributed by atoms with Crippen molar-refractivity contribution in [1.29, 1.82) is 0 Å². The first kappa shape index (κ1) is 19.8. The minimum atomic E-state index is -0.0276. The van der Waals surface area contributed by atoms with Crippen LogP contribution in [0.25, 0.3) is 10.2 Å². The Hall–Kier alpha value is -2.51. The van der Waals surface area contributed by atoms with Gasteiger partial charge in [0.15, 0.2) is 5.13 Å². The number of fused-ring (bicyclic) bond motifs is 1. The minimum absolute atomic E-state index is 0.0276. The van der Waals surface area contributed by atoms with E-state index in [1.165, 1.54) is 5.56 Å². The van der Waals surface area contributed by atoms with Crippen LogP contribution in [0.2, 0.25) is 0 Å². The van der Waals surface area contributed by atoms with Crippen molar-refractivity contribution in [3.8, 4) is 0 Å². The second kappa shape index (κ2) is 8.88. The van der Waals surface area contributed by atoms with Gasteiger partial charge in [-0.3, -0.25) is 9.69 Å². The van der Waals surface area contributed by atoms with E-state index in [4.69, 9.17) is 4.98 Å². The maximum atomic E-state index is 13.3. The number of amides is 1. The zero-order valence-electron chi connectivity index (χ0n) is 16.1. The number of halogens is 1. The van der Waals surface area contributed by atoms with E-state index in [9.17, 15) is 4.79 Å². The Balaban J connectivity index is 1.65. The molecular formula is C22H21BrN4OS. The maximum absolute atomic E-state index is 13.3. The van der Waals surface area contributed by atoms with Crippen molar-refractivity contribution in [3.63, 3.8) is 0 Å². The van der Waals surface area contributed by atoms with Gasteiger partial charge in [0.2, 0.25) is 0 Å². The standard InChI is InChI=1S/C22H21BrN4OS/c1-2-16-5-3-6-19-20(16)25-22(29-19)27(13-4-12-26-14-11-24-15-26)21(28)17-7-9-18(23)10-8-17/h3,5-11,14-15H,2,4,12-13H2,1H3. The summed E-state index contributed by atoms with van der Waals surface area (Å²) >= 11 is 5.01. The first-order valence-corrected chi connectivity index (χ1v) is 11.2. The highest BCUT2D eigenvalue weighted by molar-refractivity contribution is 9.10. The number of thiazole rings is 1. The van der Waals surface area contributed by atoms with Gasteiger partial charge in [-0.1, -0.05) is 46.3 Å². The lowest BCUT2D eigenvalue weighted by Crippen LogP contribution is -2.32. The molecule has 0 unspecified atom stereocenters. The van der Waals surface area contributed by atoms with E-state index >= 15 is 0 Å². The van der Waals surface area contributed by atoms with Crippen LogP contribution in [0.4, 0.5) is 5.13 Å². The molecule has 0 fully saturated rings. The monoisotopic (exact) mass is 468 g/mol. The van der Waals surface area contributed by atoms with E-state index in [-0.39, 0.29) is 5.91 Å². The normalized spacial score (nSPS) is 11.1. The Morgan fingerprint density at radius 2 is 2.03 bits per heavy atom. The van der Waals surface area contributed by atoms with Crippen molar-refractivity contribution in [2.45, 2.75) is 26.3 Å². The third kappa shape index (κ3) is 4.41. The van der Waals surface area contributed by atoms with Gasteiger partial charge < -0.3 is 4.57 Å². The highest BCUT2D eigenvalue weighted by Gasteiger charge is 2.21. The summed E-state index contributed by atoms with van der Waals surface area (Å²) in [6.07, 6.45) is 7.24. The van der Waals surface area contributed by atoms with E-state index in [0.29, 0.717) is 12.1 Å². The summed E-state index contributed by atoms with van der Waals surface area (Å²) in [6.45, 7) is 3.52. The number of imidazole rings is 1. The molecule has 0 radical (unpaired) electrons. The fourth-order valence-corrected chi connectivity index (χ4v) is 4.56. The highest BCUT2D eigenvalue weighted by atomic mass is 79.9. The number of benzene rings is 2. The van der Waals surface area contributed by atoms with E-state index in [0.717, 1.165) is 39.2 Å². The molecule has 2 heterocycles. The van der Waals surface area contributed by atoms with Crippen molar-refractivity contribution in [1.82, 2.24) is 14.5 Å². The molecule has 0 spiro atoms. The molecule has 0 aliphatic rings. The summed E-state index contributed by atoms with van der Waals surface area (Å²) in [6, 6.07) is 13.7. The predicted octanol–water partition coefficient (Wildman–Crippen LogP) is 5.55. The van der Waals surface area contributed by atoms with Gasteiger partial charge in [0, 0.05) is 35.5 Å². The van der Waals surface area contributed by atoms with E-state index in [1.807, 2.05) is 39.9 Å². The van der Waals surface area contributed by atoms with Crippen molar-refractivity contribution in [3.05, 3.63) is 76.8 Å². The van der Waals surface area contributed by atoms with Crippen LogP contribution in [-0.4, -0.2) is 27.0 Å². The largest absolute Gasteiger partial charge is 0.337 e. The third-order valence-corrected chi connectivity index (χ3v) is 6.37. The van der Waals surface area contributed by atoms with Crippen LogP contribution in [0.1, 0.15) is 29.3 Å². The zero-order valence-corrected chi connectivity index (χ0v) is 18.5. The number of aryl methyl sites for hydroxylation is 2. The fraction of sp³-hybridized carbons (Fsp3) is 0.227. The van der Waals surface area contributed by atoms with Crippen LogP contribution in [0.15, 0.2) is 65.7 Å². The molecule has 2 aromatic heterocycles. The van der Waals surface area contributed by atoms with Gasteiger partial charge in [-0.15, -0.1) is 0 Å². The number of para-hydroxylation sites is 1. The van der Waals surface area contributed by atoms with Crippen LogP contribution in [0.5, 0.6) is 0 Å². The molecule has 0 atom stereocenters. The molecule has 5 nitrogen and oxygen atoms in total. The lowest BCUT2D eigenvalue weighted by atomic mass is 10.1. The maximum Gasteiger partial charge on any atom is 0.260 e. The average molecular weight is 469 g/mol. The van der Waals surface area contributed by atoms with Crippen LogP contribution < -0.4 is 4.90 Å². The molecule has 0 bridgehead atoms. The Morgan fingerprint density at radius 3 is 2.76 bits per heavy atom. The average Bonchev–Trinajstić information content (AvgIpc) is 3.40. The number of nitrogens with zero attached hydrogens (tertiary/aromatic N) is 4. The van der Waals surface area contributed by atoms with Crippen molar-refractivity contribution in [2.24, 2.45) is 0 Å². The van der Waals surface area contributed by atoms with Gasteiger partial charge in [0.1, 0.15) is 0 Å². The number of hydrogen-bond donors (Lipinski definition) is 0. The van der Waals surface area contributed by atoms with Gasteiger partial charge in [-0.25, -0.2) is 9.97 Å². The molecule has 0 saturated carbocycles. The van der Waals surface area contributed by atoms with Gasteiger partial charge in [0.25, 0.3) is 5.91 Å². The summed E-state index contributed by atoms with van der Waals surface area (Å²) in [5, 5.41) is 0.749. The predicted molar refractivity (Wildman–Crippen MR) is 122 cm³/mol. The number of carbonyl (C=O) groups excluding carboxylic acids is 1. The van der Waals surface area contributed by atoms with Gasteiger partial charge in [0.05, 0.1) is 16.5 Å². The lowest BCUT2D eigenvalue weighted by molar-refractivity contribution is 0.0986. The van der Waals surface area contributed by atoms with Crippen LogP contribution in [0.3, 0.4) is 0 Å². The third-order valence-electron chi connectivity index (χ3n) is 4.80. The summed E-state index contributed by atoms with van der Waals surface area (Å²) in [7, 11) is 0. The number of aromatic nitrogens is 3. The molecule has 4 rings (SSSR count). The lowest BCUT2D eigenvalue weighted by Gasteiger charge is -2.20. The SMILES string of the molecule is CCc1cccc2sc(N(CCCn3ccnc3)C(=O)c3ccc(Br)cc3)nc12. The quantitative estimate of drug-likeness (QED) is 0.356. The highest BCUT2D eigenvalue weighted by Crippen LogP contribution is 2.32. The molecule has 0 saturated heterocycles. The molecule has 7 heteroatoms. The molecule has 2 aromatic carbocycles. The summed E-state index contributed by atoms with van der Waals surface area (Å²) in [5.41, 5.74) is 2.86. The molecule has 1 amide bonds. The van der Waals surface area contributed by atoms with Crippen LogP contribution in [0, 0.1) is 0 Å². The second-order valence-electron chi connectivity index (χ2n) is 6.73. The summed E-state index contributed by atoms with van der Waals surface area (Å²) in [5.74, 6) is -0.0276. The van der Waals surface area contributed by atoms with E-state index < -0.39 is 0 Å². The summed E-state index contributed by atoms with van der Waals surface area (Å²) < 4.78 is 4.09. The van der Waals surface area contributed by atoms with E-state index in [2.05, 4.69) is 46.0 Å². The Labute approximate surface area is 182 Å². The number of rotatable bonds is 7.